The van der Waals surface area contributed by atoms with Crippen molar-refractivity contribution in [2.45, 2.75) is 46.6 Å². The summed E-state index contributed by atoms with van der Waals surface area (Å²) in [7, 11) is 0. The zero-order chi connectivity index (χ0) is 19.1. The van der Waals surface area contributed by atoms with Gasteiger partial charge in [0.05, 0.1) is 10.4 Å². The molecule has 1 saturated heterocycles. The zero-order valence-corrected chi connectivity index (χ0v) is 16.9. The number of amides is 2. The summed E-state index contributed by atoms with van der Waals surface area (Å²) < 4.78 is 0. The summed E-state index contributed by atoms with van der Waals surface area (Å²) in [4.78, 5) is 28.7. The molecule has 0 bridgehead atoms. The Labute approximate surface area is 159 Å². The Balaban J connectivity index is 1.97. The van der Waals surface area contributed by atoms with Crippen LogP contribution in [0.4, 0.5) is 10.5 Å². The van der Waals surface area contributed by atoms with Crippen molar-refractivity contribution in [1.29, 1.82) is 0 Å². The molecule has 0 aliphatic carbocycles. The van der Waals surface area contributed by atoms with Gasteiger partial charge in [-0.25, -0.2) is 0 Å². The Morgan fingerprint density at radius 1 is 1.19 bits per heavy atom. The number of rotatable bonds is 4. The number of hydrogen-bond donors (Lipinski definition) is 0. The third kappa shape index (κ3) is 3.20. The van der Waals surface area contributed by atoms with Crippen molar-refractivity contribution in [3.63, 3.8) is 0 Å². The van der Waals surface area contributed by atoms with Crippen LogP contribution in [0.3, 0.4) is 0 Å². The lowest BCUT2D eigenvalue weighted by Crippen LogP contribution is -2.44. The van der Waals surface area contributed by atoms with E-state index in [9.17, 15) is 9.59 Å². The molecule has 1 fully saturated rings. The Morgan fingerprint density at radius 3 is 2.58 bits per heavy atom. The van der Waals surface area contributed by atoms with Crippen LogP contribution in [-0.4, -0.2) is 34.7 Å². The smallest absolute Gasteiger partial charge is 0.293 e. The molecule has 0 unspecified atom stereocenters. The van der Waals surface area contributed by atoms with Gasteiger partial charge in [-0.05, 0) is 75.2 Å². The average molecular weight is 371 g/mol. The van der Waals surface area contributed by atoms with E-state index < -0.39 is 0 Å². The first-order valence-electron chi connectivity index (χ1n) is 9.15. The van der Waals surface area contributed by atoms with E-state index in [1.165, 1.54) is 21.7 Å². The van der Waals surface area contributed by atoms with Crippen LogP contribution in [0, 0.1) is 0 Å². The van der Waals surface area contributed by atoms with Crippen LogP contribution in [0.15, 0.2) is 29.2 Å². The van der Waals surface area contributed by atoms with Crippen LogP contribution < -0.4 is 4.90 Å². The third-order valence-corrected chi connectivity index (χ3v) is 5.84. The summed E-state index contributed by atoms with van der Waals surface area (Å²) in [6.45, 7) is 12.1. The van der Waals surface area contributed by atoms with Gasteiger partial charge in [0, 0.05) is 24.3 Å². The highest BCUT2D eigenvalue weighted by Crippen LogP contribution is 2.40. The molecule has 0 atom stereocenters. The average Bonchev–Trinajstić information content (AvgIpc) is 2.83. The van der Waals surface area contributed by atoms with E-state index in [-0.39, 0.29) is 16.7 Å². The minimum atomic E-state index is -0.178. The lowest BCUT2D eigenvalue weighted by molar-refractivity contribution is -0.122. The fraction of sp³-hybridized carbons (Fsp3) is 0.429. The molecule has 26 heavy (non-hydrogen) atoms. The number of fused-ring (bicyclic) bond motifs is 1. The number of carbonyl (C=O) groups excluding carboxylic acids is 2. The molecule has 138 valence electrons. The summed E-state index contributed by atoms with van der Waals surface area (Å²) in [5, 5.41) is -0.170. The Bertz CT molecular complexity index is 823. The minimum Gasteiger partial charge on any atom is -0.363 e. The van der Waals surface area contributed by atoms with Gasteiger partial charge in [-0.1, -0.05) is 19.1 Å². The van der Waals surface area contributed by atoms with E-state index in [2.05, 4.69) is 50.8 Å². The van der Waals surface area contributed by atoms with Crippen LogP contribution >= 0.6 is 11.8 Å². The maximum absolute atomic E-state index is 12.4. The molecule has 1 aromatic rings. The van der Waals surface area contributed by atoms with Crippen molar-refractivity contribution in [3.8, 4) is 0 Å². The normalized spacial score (nSPS) is 20.7. The second-order valence-corrected chi connectivity index (χ2v) is 8.33. The van der Waals surface area contributed by atoms with Crippen LogP contribution in [0.2, 0.25) is 0 Å². The summed E-state index contributed by atoms with van der Waals surface area (Å²) in [6.07, 6.45) is 4.90. The lowest BCUT2D eigenvalue weighted by atomic mass is 9.88. The highest BCUT2D eigenvalue weighted by atomic mass is 32.2. The highest BCUT2D eigenvalue weighted by molar-refractivity contribution is 8.18. The van der Waals surface area contributed by atoms with Crippen molar-refractivity contribution in [2.75, 3.05) is 18.0 Å². The molecule has 5 heteroatoms. The molecule has 0 saturated carbocycles. The minimum absolute atomic E-state index is 0.0177. The Morgan fingerprint density at radius 2 is 1.92 bits per heavy atom. The molecule has 0 N–H and O–H groups in total. The van der Waals surface area contributed by atoms with E-state index in [0.717, 1.165) is 30.3 Å². The molecule has 0 aromatic heterocycles. The monoisotopic (exact) mass is 370 g/mol. The van der Waals surface area contributed by atoms with E-state index >= 15 is 0 Å². The number of anilines is 1. The number of imide groups is 1. The van der Waals surface area contributed by atoms with E-state index in [1.807, 2.05) is 19.1 Å². The topological polar surface area (TPSA) is 40.6 Å². The van der Waals surface area contributed by atoms with Crippen LogP contribution in [0.5, 0.6) is 0 Å². The van der Waals surface area contributed by atoms with Gasteiger partial charge in [-0.2, -0.15) is 0 Å². The lowest BCUT2D eigenvalue weighted by Gasteiger charge is -2.42. The maximum atomic E-state index is 12.4. The number of hydrogen-bond acceptors (Lipinski definition) is 4. The first-order chi connectivity index (χ1) is 12.3. The van der Waals surface area contributed by atoms with Gasteiger partial charge in [0.1, 0.15) is 0 Å². The summed E-state index contributed by atoms with van der Waals surface area (Å²) in [5.41, 5.74) is 4.58. The Kier molecular flexibility index (Phi) is 5.02. The fourth-order valence-corrected chi connectivity index (χ4v) is 4.70. The van der Waals surface area contributed by atoms with Crippen molar-refractivity contribution < 1.29 is 9.59 Å². The first kappa shape index (κ1) is 18.8. The van der Waals surface area contributed by atoms with Crippen LogP contribution in [0.25, 0.3) is 11.6 Å². The largest absolute Gasteiger partial charge is 0.363 e. The number of carbonyl (C=O) groups is 2. The molecule has 0 spiro atoms. The molecule has 0 radical (unpaired) electrons. The predicted octanol–water partition coefficient (Wildman–Crippen LogP) is 5.15. The molecule has 2 heterocycles. The van der Waals surface area contributed by atoms with Gasteiger partial charge in [0.25, 0.3) is 11.1 Å². The van der Waals surface area contributed by atoms with Gasteiger partial charge in [-0.15, -0.1) is 0 Å². The molecular formula is C21H26N2O2S. The summed E-state index contributed by atoms with van der Waals surface area (Å²) in [6, 6.07) is 6.27. The molecule has 2 amide bonds. The molecule has 3 rings (SSSR count). The zero-order valence-electron chi connectivity index (χ0n) is 16.1. The summed E-state index contributed by atoms with van der Waals surface area (Å²) >= 11 is 1.03. The molecule has 2 aliphatic heterocycles. The molecular weight excluding hydrogens is 344 g/mol. The second kappa shape index (κ2) is 6.95. The quantitative estimate of drug-likeness (QED) is 0.687. The molecule has 4 nitrogen and oxygen atoms in total. The van der Waals surface area contributed by atoms with Crippen molar-refractivity contribution in [2.24, 2.45) is 0 Å². The third-order valence-electron chi connectivity index (χ3n) is 4.94. The number of allylic oxidation sites excluding steroid dienone is 1. The van der Waals surface area contributed by atoms with E-state index in [1.54, 1.807) is 0 Å². The molecule has 2 aliphatic rings. The van der Waals surface area contributed by atoms with Gasteiger partial charge >= 0.3 is 0 Å². The maximum Gasteiger partial charge on any atom is 0.293 e. The standard InChI is InChI=1S/C21H26N2O2S/c1-6-10-22-19(24)18(26-20(22)25)12-15-8-9-17-16(11-15)14(3)13-21(4,5)23(17)7-2/h8-9,11-13H,6-7,10H2,1-5H3/b18-12+. The predicted molar refractivity (Wildman–Crippen MR) is 110 cm³/mol. The fourth-order valence-electron chi connectivity index (χ4n) is 3.84. The van der Waals surface area contributed by atoms with Crippen molar-refractivity contribution in [3.05, 3.63) is 40.3 Å². The number of nitrogens with zero attached hydrogens (tertiary/aromatic N) is 2. The second-order valence-electron chi connectivity index (χ2n) is 7.34. The SMILES string of the molecule is CCCN1C(=O)S/C(=C/c2ccc3c(c2)C(C)=CC(C)(C)N3CC)C1=O. The van der Waals surface area contributed by atoms with Gasteiger partial charge in [0.2, 0.25) is 0 Å². The van der Waals surface area contributed by atoms with Gasteiger partial charge in [0.15, 0.2) is 0 Å². The van der Waals surface area contributed by atoms with Crippen molar-refractivity contribution in [1.82, 2.24) is 4.90 Å². The Hall–Kier alpha value is -2.01. The number of benzene rings is 1. The van der Waals surface area contributed by atoms with Gasteiger partial charge < -0.3 is 4.90 Å². The summed E-state index contributed by atoms with van der Waals surface area (Å²) in [5.74, 6) is -0.178. The highest BCUT2D eigenvalue weighted by Gasteiger charge is 2.34. The van der Waals surface area contributed by atoms with E-state index in [4.69, 9.17) is 0 Å². The van der Waals surface area contributed by atoms with E-state index in [0.29, 0.717) is 11.4 Å². The van der Waals surface area contributed by atoms with Crippen LogP contribution in [0.1, 0.15) is 52.2 Å². The first-order valence-corrected chi connectivity index (χ1v) is 9.97. The molecule has 1 aromatic carbocycles. The van der Waals surface area contributed by atoms with Gasteiger partial charge in [-0.3, -0.25) is 14.5 Å². The van der Waals surface area contributed by atoms with Crippen molar-refractivity contribution >= 4 is 40.2 Å². The number of likely N-dealkylation sites (N-methyl/N-ethyl adjacent to an activating group) is 1. The number of thioether (sulfide) groups is 1. The van der Waals surface area contributed by atoms with Crippen LogP contribution in [-0.2, 0) is 4.79 Å².